The molecule has 2 nitrogen and oxygen atoms in total. The molecule has 0 amide bonds. The van der Waals surface area contributed by atoms with E-state index in [9.17, 15) is 0 Å². The van der Waals surface area contributed by atoms with Crippen molar-refractivity contribution in [1.82, 2.24) is 4.98 Å². The van der Waals surface area contributed by atoms with Gasteiger partial charge in [-0.25, -0.2) is 4.98 Å². The minimum atomic E-state index is 0.352. The first kappa shape index (κ1) is 10.4. The number of aromatic nitrogens is 1. The zero-order chi connectivity index (χ0) is 11.0. The second-order valence-electron chi connectivity index (χ2n) is 4.13. The average Bonchev–Trinajstić information content (AvgIpc) is 2.73. The standard InChI is InChI=1S/C12H13ClN2S/c13-9-5-7-15(8-6-9)12-14-10-3-1-2-4-11(10)16-12/h1-4,9H,5-8H2. The molecule has 2 heterocycles. The van der Waals surface area contributed by atoms with Crippen LogP contribution in [0.3, 0.4) is 0 Å². The fraction of sp³-hybridized carbons (Fsp3) is 0.417. The fourth-order valence-electron chi connectivity index (χ4n) is 2.03. The third kappa shape index (κ3) is 1.89. The number of anilines is 1. The van der Waals surface area contributed by atoms with E-state index in [-0.39, 0.29) is 0 Å². The normalized spacial score (nSPS) is 18.2. The molecule has 0 N–H and O–H groups in total. The van der Waals surface area contributed by atoms with E-state index >= 15 is 0 Å². The third-order valence-electron chi connectivity index (χ3n) is 2.98. The van der Waals surface area contributed by atoms with Crippen molar-refractivity contribution >= 4 is 38.3 Å². The average molecular weight is 253 g/mol. The number of halogens is 1. The molecule has 1 aliphatic rings. The highest BCUT2D eigenvalue weighted by Crippen LogP contribution is 2.30. The zero-order valence-corrected chi connectivity index (χ0v) is 10.5. The molecule has 1 aromatic carbocycles. The highest BCUT2D eigenvalue weighted by molar-refractivity contribution is 7.22. The Morgan fingerprint density at radius 1 is 1.25 bits per heavy atom. The van der Waals surface area contributed by atoms with Gasteiger partial charge in [-0.1, -0.05) is 23.5 Å². The molecule has 16 heavy (non-hydrogen) atoms. The van der Waals surface area contributed by atoms with E-state index in [4.69, 9.17) is 11.6 Å². The molecule has 2 aromatic rings. The molecule has 0 atom stereocenters. The van der Waals surface area contributed by atoms with Gasteiger partial charge in [0.2, 0.25) is 0 Å². The van der Waals surface area contributed by atoms with Gasteiger partial charge in [0.1, 0.15) is 0 Å². The lowest BCUT2D eigenvalue weighted by molar-refractivity contribution is 0.584. The molecular weight excluding hydrogens is 240 g/mol. The molecule has 1 aliphatic heterocycles. The topological polar surface area (TPSA) is 16.1 Å². The van der Waals surface area contributed by atoms with Crippen molar-refractivity contribution in [3.8, 4) is 0 Å². The van der Waals surface area contributed by atoms with Crippen LogP contribution in [0.25, 0.3) is 10.2 Å². The first-order valence-corrected chi connectivity index (χ1v) is 6.83. The molecule has 84 valence electrons. The lowest BCUT2D eigenvalue weighted by Crippen LogP contribution is -2.33. The molecule has 0 saturated carbocycles. The highest BCUT2D eigenvalue weighted by Gasteiger charge is 2.19. The van der Waals surface area contributed by atoms with Crippen LogP contribution < -0.4 is 4.90 Å². The molecule has 0 unspecified atom stereocenters. The summed E-state index contributed by atoms with van der Waals surface area (Å²) in [6.45, 7) is 2.07. The summed E-state index contributed by atoms with van der Waals surface area (Å²) in [5, 5.41) is 1.50. The van der Waals surface area contributed by atoms with Gasteiger partial charge < -0.3 is 4.90 Å². The van der Waals surface area contributed by atoms with E-state index in [1.165, 1.54) is 4.70 Å². The molecule has 0 bridgehead atoms. The Morgan fingerprint density at radius 2 is 2.00 bits per heavy atom. The minimum absolute atomic E-state index is 0.352. The Labute approximate surface area is 104 Å². The monoisotopic (exact) mass is 252 g/mol. The Bertz CT molecular complexity index is 455. The molecular formula is C12H13ClN2S. The third-order valence-corrected chi connectivity index (χ3v) is 4.51. The summed E-state index contributed by atoms with van der Waals surface area (Å²) in [7, 11) is 0. The number of hydrogen-bond donors (Lipinski definition) is 0. The number of nitrogens with zero attached hydrogens (tertiary/aromatic N) is 2. The van der Waals surface area contributed by atoms with Crippen molar-refractivity contribution in [3.05, 3.63) is 24.3 Å². The van der Waals surface area contributed by atoms with Crippen LogP contribution in [0.5, 0.6) is 0 Å². The minimum Gasteiger partial charge on any atom is -0.348 e. The summed E-state index contributed by atoms with van der Waals surface area (Å²) in [5.74, 6) is 0. The number of para-hydroxylation sites is 1. The number of alkyl halides is 1. The van der Waals surface area contributed by atoms with E-state index in [2.05, 4.69) is 28.1 Å². The molecule has 4 heteroatoms. The van der Waals surface area contributed by atoms with Crippen molar-refractivity contribution in [3.63, 3.8) is 0 Å². The van der Waals surface area contributed by atoms with Crippen LogP contribution in [0.2, 0.25) is 0 Å². The van der Waals surface area contributed by atoms with Gasteiger partial charge in [0, 0.05) is 18.5 Å². The number of benzene rings is 1. The Morgan fingerprint density at radius 3 is 2.75 bits per heavy atom. The Balaban J connectivity index is 1.88. The van der Waals surface area contributed by atoms with E-state index < -0.39 is 0 Å². The lowest BCUT2D eigenvalue weighted by Gasteiger charge is -2.28. The van der Waals surface area contributed by atoms with Crippen LogP contribution >= 0.6 is 22.9 Å². The van der Waals surface area contributed by atoms with Crippen LogP contribution in [0.15, 0.2) is 24.3 Å². The van der Waals surface area contributed by atoms with Crippen LogP contribution in [0.1, 0.15) is 12.8 Å². The first-order chi connectivity index (χ1) is 7.83. The van der Waals surface area contributed by atoms with E-state index in [0.29, 0.717) is 5.38 Å². The zero-order valence-electron chi connectivity index (χ0n) is 8.90. The molecule has 0 aliphatic carbocycles. The second kappa shape index (κ2) is 4.22. The maximum Gasteiger partial charge on any atom is 0.186 e. The van der Waals surface area contributed by atoms with Gasteiger partial charge in [0.25, 0.3) is 0 Å². The number of fused-ring (bicyclic) bond motifs is 1. The summed E-state index contributed by atoms with van der Waals surface area (Å²) in [5.41, 5.74) is 1.11. The molecule has 1 saturated heterocycles. The number of thiazole rings is 1. The predicted octanol–water partition coefficient (Wildman–Crippen LogP) is 3.50. The van der Waals surface area contributed by atoms with Crippen LogP contribution in [0, 0.1) is 0 Å². The van der Waals surface area contributed by atoms with Crippen LogP contribution in [-0.2, 0) is 0 Å². The smallest absolute Gasteiger partial charge is 0.186 e. The number of hydrogen-bond acceptors (Lipinski definition) is 3. The predicted molar refractivity (Wildman–Crippen MR) is 70.7 cm³/mol. The maximum absolute atomic E-state index is 6.10. The van der Waals surface area contributed by atoms with Gasteiger partial charge in [0.05, 0.1) is 10.2 Å². The van der Waals surface area contributed by atoms with E-state index in [1.54, 1.807) is 11.3 Å². The van der Waals surface area contributed by atoms with Gasteiger partial charge >= 0.3 is 0 Å². The largest absolute Gasteiger partial charge is 0.348 e. The van der Waals surface area contributed by atoms with Crippen molar-refractivity contribution in [2.45, 2.75) is 18.2 Å². The van der Waals surface area contributed by atoms with Gasteiger partial charge in [-0.2, -0.15) is 0 Å². The summed E-state index contributed by atoms with van der Waals surface area (Å²) < 4.78 is 1.27. The molecule has 3 rings (SSSR count). The van der Waals surface area contributed by atoms with Crippen molar-refractivity contribution in [2.75, 3.05) is 18.0 Å². The quantitative estimate of drug-likeness (QED) is 0.722. The number of piperidine rings is 1. The summed E-state index contributed by atoms with van der Waals surface area (Å²) in [6, 6.07) is 8.31. The van der Waals surface area contributed by atoms with Crippen LogP contribution in [0.4, 0.5) is 5.13 Å². The maximum atomic E-state index is 6.10. The summed E-state index contributed by atoms with van der Waals surface area (Å²) in [4.78, 5) is 7.01. The number of rotatable bonds is 1. The van der Waals surface area contributed by atoms with E-state index in [0.717, 1.165) is 36.6 Å². The van der Waals surface area contributed by atoms with Crippen molar-refractivity contribution < 1.29 is 0 Å². The molecule has 0 radical (unpaired) electrons. The Kier molecular flexibility index (Phi) is 2.74. The Hall–Kier alpha value is -0.800. The van der Waals surface area contributed by atoms with Gasteiger partial charge in [-0.3, -0.25) is 0 Å². The lowest BCUT2D eigenvalue weighted by atomic mass is 10.1. The van der Waals surface area contributed by atoms with Gasteiger partial charge in [-0.05, 0) is 25.0 Å². The van der Waals surface area contributed by atoms with E-state index in [1.807, 2.05) is 6.07 Å². The van der Waals surface area contributed by atoms with Crippen LogP contribution in [-0.4, -0.2) is 23.5 Å². The molecule has 1 fully saturated rings. The summed E-state index contributed by atoms with van der Waals surface area (Å²) in [6.07, 6.45) is 2.13. The van der Waals surface area contributed by atoms with Gasteiger partial charge in [0.15, 0.2) is 5.13 Å². The van der Waals surface area contributed by atoms with Crippen molar-refractivity contribution in [1.29, 1.82) is 0 Å². The first-order valence-electron chi connectivity index (χ1n) is 5.57. The van der Waals surface area contributed by atoms with Gasteiger partial charge in [-0.15, -0.1) is 11.6 Å². The molecule has 0 spiro atoms. The SMILES string of the molecule is ClC1CCN(c2nc3ccccc3s2)CC1. The molecule has 1 aromatic heterocycles. The fourth-order valence-corrected chi connectivity index (χ4v) is 3.25. The summed E-state index contributed by atoms with van der Waals surface area (Å²) >= 11 is 7.88. The second-order valence-corrected chi connectivity index (χ2v) is 5.75. The highest BCUT2D eigenvalue weighted by atomic mass is 35.5. The van der Waals surface area contributed by atoms with Crippen molar-refractivity contribution in [2.24, 2.45) is 0 Å².